The molecule has 3 nitrogen and oxygen atoms in total. The van der Waals surface area contributed by atoms with Gasteiger partial charge in [0, 0.05) is 11.8 Å². The van der Waals surface area contributed by atoms with E-state index < -0.39 is 0 Å². The monoisotopic (exact) mass is 340 g/mol. The van der Waals surface area contributed by atoms with Crippen molar-refractivity contribution in [2.24, 2.45) is 5.41 Å². The first kappa shape index (κ1) is 14.2. The van der Waals surface area contributed by atoms with Gasteiger partial charge < -0.3 is 14.6 Å². The minimum Gasteiger partial charge on any atom is -0.493 e. The molecule has 2 fully saturated rings. The van der Waals surface area contributed by atoms with Crippen LogP contribution in [0.3, 0.4) is 0 Å². The number of methoxy groups -OCH3 is 1. The average Bonchev–Trinajstić information content (AvgIpc) is 2.49. The van der Waals surface area contributed by atoms with E-state index in [9.17, 15) is 5.11 Å². The van der Waals surface area contributed by atoms with Gasteiger partial charge in [0.05, 0.1) is 17.7 Å². The predicted octanol–water partition coefficient (Wildman–Crippen LogP) is 3.92. The molecule has 2 saturated carbocycles. The van der Waals surface area contributed by atoms with Gasteiger partial charge in [-0.25, -0.2) is 0 Å². The molecule has 0 saturated heterocycles. The van der Waals surface area contributed by atoms with Gasteiger partial charge in [-0.3, -0.25) is 0 Å². The van der Waals surface area contributed by atoms with Crippen molar-refractivity contribution in [2.45, 2.75) is 50.7 Å². The molecule has 0 radical (unpaired) electrons. The maximum absolute atomic E-state index is 10.2. The van der Waals surface area contributed by atoms with E-state index in [2.05, 4.69) is 15.9 Å². The molecule has 1 spiro atoms. The first-order chi connectivity index (χ1) is 9.67. The fraction of sp³-hybridized carbons (Fsp3) is 0.625. The van der Waals surface area contributed by atoms with E-state index in [1.54, 1.807) is 7.11 Å². The standard InChI is InChI=1S/C16H21BrO3/c1-19-12-7-5-6-11(17)15(12)20-14-10-13(18)16(14)8-3-2-4-9-16/h5-7,13-14,18H,2-4,8-10H2,1H3. The van der Waals surface area contributed by atoms with Gasteiger partial charge in [-0.05, 0) is 40.9 Å². The zero-order chi connectivity index (χ0) is 14.2. The highest BCUT2D eigenvalue weighted by Crippen LogP contribution is 2.54. The van der Waals surface area contributed by atoms with Gasteiger partial charge >= 0.3 is 0 Å². The molecule has 0 amide bonds. The molecule has 0 bridgehead atoms. The van der Waals surface area contributed by atoms with Crippen LogP contribution < -0.4 is 9.47 Å². The van der Waals surface area contributed by atoms with Gasteiger partial charge in [-0.2, -0.15) is 0 Å². The van der Waals surface area contributed by atoms with E-state index in [-0.39, 0.29) is 17.6 Å². The Hall–Kier alpha value is -0.740. The molecule has 0 aliphatic heterocycles. The van der Waals surface area contributed by atoms with Crippen molar-refractivity contribution >= 4 is 15.9 Å². The molecule has 2 aliphatic rings. The molecule has 0 aromatic heterocycles. The quantitative estimate of drug-likeness (QED) is 0.906. The second-order valence-corrected chi connectivity index (χ2v) is 6.78. The number of aliphatic hydroxyl groups is 1. The Morgan fingerprint density at radius 1 is 1.25 bits per heavy atom. The van der Waals surface area contributed by atoms with E-state index in [4.69, 9.17) is 9.47 Å². The van der Waals surface area contributed by atoms with Crippen molar-refractivity contribution in [1.82, 2.24) is 0 Å². The summed E-state index contributed by atoms with van der Waals surface area (Å²) in [6.45, 7) is 0. The number of ether oxygens (including phenoxy) is 2. The molecule has 3 rings (SSSR count). The molecule has 110 valence electrons. The van der Waals surface area contributed by atoms with Gasteiger partial charge in [-0.1, -0.05) is 25.3 Å². The Morgan fingerprint density at radius 3 is 2.65 bits per heavy atom. The summed E-state index contributed by atoms with van der Waals surface area (Å²) in [6, 6.07) is 5.80. The third-order valence-electron chi connectivity index (χ3n) is 4.94. The van der Waals surface area contributed by atoms with Crippen molar-refractivity contribution in [3.63, 3.8) is 0 Å². The summed E-state index contributed by atoms with van der Waals surface area (Å²) in [7, 11) is 1.65. The van der Waals surface area contributed by atoms with Crippen molar-refractivity contribution < 1.29 is 14.6 Å². The fourth-order valence-corrected chi connectivity index (χ4v) is 4.10. The van der Waals surface area contributed by atoms with Crippen LogP contribution in [-0.4, -0.2) is 24.4 Å². The Kier molecular flexibility index (Phi) is 3.95. The average molecular weight is 341 g/mol. The molecule has 0 heterocycles. The number of rotatable bonds is 3. The lowest BCUT2D eigenvalue weighted by Crippen LogP contribution is -2.60. The minimum absolute atomic E-state index is 0.0292. The number of benzene rings is 1. The van der Waals surface area contributed by atoms with E-state index in [1.807, 2.05) is 18.2 Å². The first-order valence-corrected chi connectivity index (χ1v) is 8.14. The Bertz CT molecular complexity index is 483. The Morgan fingerprint density at radius 2 is 2.00 bits per heavy atom. The molecule has 1 N–H and O–H groups in total. The van der Waals surface area contributed by atoms with Crippen LogP contribution in [0.2, 0.25) is 0 Å². The van der Waals surface area contributed by atoms with Crippen LogP contribution in [0, 0.1) is 5.41 Å². The SMILES string of the molecule is COc1cccc(Br)c1OC1CC(O)C12CCCCC2. The summed E-state index contributed by atoms with van der Waals surface area (Å²) in [4.78, 5) is 0. The molecular weight excluding hydrogens is 320 g/mol. The van der Waals surface area contributed by atoms with Crippen LogP contribution in [0.15, 0.2) is 22.7 Å². The molecule has 1 aromatic carbocycles. The van der Waals surface area contributed by atoms with Gasteiger partial charge in [0.2, 0.25) is 0 Å². The first-order valence-electron chi connectivity index (χ1n) is 7.34. The molecule has 4 heteroatoms. The van der Waals surface area contributed by atoms with Crippen LogP contribution >= 0.6 is 15.9 Å². The third kappa shape index (κ3) is 2.23. The number of halogens is 1. The highest BCUT2D eigenvalue weighted by Gasteiger charge is 2.56. The molecule has 1 aromatic rings. The zero-order valence-corrected chi connectivity index (χ0v) is 13.4. The Balaban J connectivity index is 1.81. The summed E-state index contributed by atoms with van der Waals surface area (Å²) in [5, 5.41) is 10.2. The Labute approximate surface area is 128 Å². The summed E-state index contributed by atoms with van der Waals surface area (Å²) < 4.78 is 12.5. The zero-order valence-electron chi connectivity index (χ0n) is 11.8. The summed E-state index contributed by atoms with van der Waals surface area (Å²) >= 11 is 3.53. The second-order valence-electron chi connectivity index (χ2n) is 5.92. The molecule has 2 unspecified atom stereocenters. The lowest BCUT2D eigenvalue weighted by atomic mass is 9.56. The van der Waals surface area contributed by atoms with Crippen LogP contribution in [0.1, 0.15) is 38.5 Å². The summed E-state index contributed by atoms with van der Waals surface area (Å²) in [5.74, 6) is 1.50. The van der Waals surface area contributed by atoms with Gasteiger partial charge in [0.25, 0.3) is 0 Å². The number of para-hydroxylation sites is 1. The molecule has 2 atom stereocenters. The lowest BCUT2D eigenvalue weighted by molar-refractivity contribution is -0.172. The highest BCUT2D eigenvalue weighted by molar-refractivity contribution is 9.10. The van der Waals surface area contributed by atoms with Gasteiger partial charge in [0.1, 0.15) is 6.10 Å². The maximum Gasteiger partial charge on any atom is 0.175 e. The number of aliphatic hydroxyl groups excluding tert-OH is 1. The van der Waals surface area contributed by atoms with Crippen LogP contribution in [0.5, 0.6) is 11.5 Å². The number of hydrogen-bond acceptors (Lipinski definition) is 3. The smallest absolute Gasteiger partial charge is 0.175 e. The van der Waals surface area contributed by atoms with E-state index in [1.165, 1.54) is 19.3 Å². The normalized spacial score (nSPS) is 27.9. The van der Waals surface area contributed by atoms with Gasteiger partial charge in [0.15, 0.2) is 11.5 Å². The lowest BCUT2D eigenvalue weighted by Gasteiger charge is -2.55. The van der Waals surface area contributed by atoms with Crippen LogP contribution in [-0.2, 0) is 0 Å². The number of hydrogen-bond donors (Lipinski definition) is 1. The van der Waals surface area contributed by atoms with E-state index >= 15 is 0 Å². The summed E-state index contributed by atoms with van der Waals surface area (Å²) in [5.41, 5.74) is -0.0292. The molecule has 2 aliphatic carbocycles. The maximum atomic E-state index is 10.2. The van der Waals surface area contributed by atoms with Crippen molar-refractivity contribution in [3.05, 3.63) is 22.7 Å². The molecule has 20 heavy (non-hydrogen) atoms. The fourth-order valence-electron chi connectivity index (χ4n) is 3.66. The van der Waals surface area contributed by atoms with Crippen LogP contribution in [0.25, 0.3) is 0 Å². The molecular formula is C16H21BrO3. The third-order valence-corrected chi connectivity index (χ3v) is 5.56. The van der Waals surface area contributed by atoms with E-state index in [0.29, 0.717) is 0 Å². The van der Waals surface area contributed by atoms with Crippen molar-refractivity contribution in [3.8, 4) is 11.5 Å². The topological polar surface area (TPSA) is 38.7 Å². The van der Waals surface area contributed by atoms with Crippen molar-refractivity contribution in [1.29, 1.82) is 0 Å². The highest BCUT2D eigenvalue weighted by atomic mass is 79.9. The van der Waals surface area contributed by atoms with E-state index in [0.717, 1.165) is 35.2 Å². The van der Waals surface area contributed by atoms with Gasteiger partial charge in [-0.15, -0.1) is 0 Å². The minimum atomic E-state index is -0.207. The largest absolute Gasteiger partial charge is 0.493 e. The van der Waals surface area contributed by atoms with Crippen molar-refractivity contribution in [2.75, 3.05) is 7.11 Å². The van der Waals surface area contributed by atoms with Crippen LogP contribution in [0.4, 0.5) is 0 Å². The summed E-state index contributed by atoms with van der Waals surface area (Å²) in [6.07, 6.45) is 6.45. The predicted molar refractivity (Wildman–Crippen MR) is 81.3 cm³/mol. The second kappa shape index (κ2) is 5.57.